The maximum absolute atomic E-state index is 11.7. The Morgan fingerprint density at radius 3 is 2.59 bits per heavy atom. The van der Waals surface area contributed by atoms with Crippen molar-refractivity contribution >= 4 is 5.91 Å². The van der Waals surface area contributed by atoms with Gasteiger partial charge in [0.25, 0.3) is 0 Å². The van der Waals surface area contributed by atoms with Crippen LogP contribution in [0.25, 0.3) is 0 Å². The standard InChI is InChI=1S/C17H31N3O2/c1-13(2)20-14-5-6-15(20)10-18(9-7-14)11-16(21)12-19-8-3-4-17(19)22/h13-16,21H,3-12H2,1-2H3. The molecule has 3 rings (SSSR count). The summed E-state index contributed by atoms with van der Waals surface area (Å²) in [6.45, 7) is 8.79. The zero-order valence-corrected chi connectivity index (χ0v) is 14.1. The highest BCUT2D eigenvalue weighted by atomic mass is 16.3. The highest BCUT2D eigenvalue weighted by Gasteiger charge is 2.38. The molecular weight excluding hydrogens is 278 g/mol. The minimum absolute atomic E-state index is 0.208. The summed E-state index contributed by atoms with van der Waals surface area (Å²) in [6, 6.07) is 1.99. The summed E-state index contributed by atoms with van der Waals surface area (Å²) < 4.78 is 0. The van der Waals surface area contributed by atoms with Crippen LogP contribution in [0.15, 0.2) is 0 Å². The largest absolute Gasteiger partial charge is 0.390 e. The predicted molar refractivity (Wildman–Crippen MR) is 86.7 cm³/mol. The second-order valence-corrected chi connectivity index (χ2v) is 7.57. The fourth-order valence-corrected chi connectivity index (χ4v) is 4.70. The van der Waals surface area contributed by atoms with Gasteiger partial charge in [0.05, 0.1) is 6.10 Å². The Balaban J connectivity index is 1.52. The molecule has 22 heavy (non-hydrogen) atoms. The molecular formula is C17H31N3O2. The van der Waals surface area contributed by atoms with Gasteiger partial charge in [0.1, 0.15) is 0 Å². The van der Waals surface area contributed by atoms with E-state index in [0.29, 0.717) is 31.6 Å². The average Bonchev–Trinajstić information content (AvgIpc) is 2.96. The fourth-order valence-electron chi connectivity index (χ4n) is 4.70. The van der Waals surface area contributed by atoms with Crippen molar-refractivity contribution < 1.29 is 9.90 Å². The molecule has 3 unspecified atom stereocenters. The summed E-state index contributed by atoms with van der Waals surface area (Å²) >= 11 is 0. The van der Waals surface area contributed by atoms with E-state index in [1.54, 1.807) is 0 Å². The third-order valence-electron chi connectivity index (χ3n) is 5.59. The Labute approximate surface area is 134 Å². The Morgan fingerprint density at radius 2 is 1.91 bits per heavy atom. The molecule has 0 aromatic rings. The van der Waals surface area contributed by atoms with Crippen molar-refractivity contribution in [3.05, 3.63) is 0 Å². The molecule has 5 heteroatoms. The number of aliphatic hydroxyl groups is 1. The molecule has 0 radical (unpaired) electrons. The quantitative estimate of drug-likeness (QED) is 0.820. The number of amides is 1. The molecule has 0 aromatic heterocycles. The number of nitrogens with zero attached hydrogens (tertiary/aromatic N) is 3. The second-order valence-electron chi connectivity index (χ2n) is 7.57. The van der Waals surface area contributed by atoms with E-state index in [1.165, 1.54) is 19.3 Å². The molecule has 126 valence electrons. The van der Waals surface area contributed by atoms with Crippen LogP contribution in [0.1, 0.15) is 46.0 Å². The van der Waals surface area contributed by atoms with Gasteiger partial charge in [-0.3, -0.25) is 14.6 Å². The van der Waals surface area contributed by atoms with Crippen LogP contribution in [0.4, 0.5) is 0 Å². The van der Waals surface area contributed by atoms with Crippen LogP contribution in [0.3, 0.4) is 0 Å². The number of aliphatic hydroxyl groups excluding tert-OH is 1. The first-order valence-electron chi connectivity index (χ1n) is 9.00. The first-order chi connectivity index (χ1) is 10.5. The highest BCUT2D eigenvalue weighted by Crippen LogP contribution is 2.32. The van der Waals surface area contributed by atoms with Crippen LogP contribution in [0.2, 0.25) is 0 Å². The first-order valence-corrected chi connectivity index (χ1v) is 9.00. The molecule has 0 aromatic carbocycles. The van der Waals surface area contributed by atoms with E-state index in [2.05, 4.69) is 23.6 Å². The van der Waals surface area contributed by atoms with Gasteiger partial charge in [0.2, 0.25) is 5.91 Å². The van der Waals surface area contributed by atoms with Gasteiger partial charge in [-0.1, -0.05) is 0 Å². The maximum atomic E-state index is 11.7. The number of fused-ring (bicyclic) bond motifs is 2. The molecule has 3 fully saturated rings. The molecule has 0 spiro atoms. The summed E-state index contributed by atoms with van der Waals surface area (Å²) in [4.78, 5) is 18.6. The Hall–Kier alpha value is -0.650. The van der Waals surface area contributed by atoms with Crippen molar-refractivity contribution in [1.82, 2.24) is 14.7 Å². The fraction of sp³-hybridized carbons (Fsp3) is 0.941. The van der Waals surface area contributed by atoms with Gasteiger partial charge >= 0.3 is 0 Å². The van der Waals surface area contributed by atoms with Crippen LogP contribution < -0.4 is 0 Å². The summed E-state index contributed by atoms with van der Waals surface area (Å²) in [7, 11) is 0. The van der Waals surface area contributed by atoms with Gasteiger partial charge in [0, 0.05) is 50.7 Å². The predicted octanol–water partition coefficient (Wildman–Crippen LogP) is 0.917. The third kappa shape index (κ3) is 3.47. The van der Waals surface area contributed by atoms with Gasteiger partial charge < -0.3 is 10.0 Å². The number of hydrogen-bond donors (Lipinski definition) is 1. The number of hydrogen-bond acceptors (Lipinski definition) is 4. The molecule has 0 aliphatic carbocycles. The van der Waals surface area contributed by atoms with Crippen LogP contribution in [-0.4, -0.2) is 82.7 Å². The lowest BCUT2D eigenvalue weighted by Crippen LogP contribution is -2.45. The molecule has 3 aliphatic heterocycles. The van der Waals surface area contributed by atoms with Crippen molar-refractivity contribution in [2.24, 2.45) is 0 Å². The normalized spacial score (nSPS) is 32.0. The van der Waals surface area contributed by atoms with Gasteiger partial charge in [-0.2, -0.15) is 0 Å². The molecule has 3 heterocycles. The second kappa shape index (κ2) is 6.85. The minimum Gasteiger partial charge on any atom is -0.390 e. The average molecular weight is 309 g/mol. The lowest BCUT2D eigenvalue weighted by Gasteiger charge is -2.32. The molecule has 1 amide bonds. The zero-order chi connectivity index (χ0) is 15.7. The topological polar surface area (TPSA) is 47.0 Å². The molecule has 3 atom stereocenters. The highest BCUT2D eigenvalue weighted by molar-refractivity contribution is 5.78. The number of rotatable bonds is 5. The van der Waals surface area contributed by atoms with Crippen molar-refractivity contribution in [1.29, 1.82) is 0 Å². The van der Waals surface area contributed by atoms with E-state index in [0.717, 1.165) is 32.1 Å². The van der Waals surface area contributed by atoms with Gasteiger partial charge in [-0.15, -0.1) is 0 Å². The number of carbonyl (C=O) groups is 1. The number of carbonyl (C=O) groups excluding carboxylic acids is 1. The summed E-state index contributed by atoms with van der Waals surface area (Å²) in [5, 5.41) is 10.4. The molecule has 5 nitrogen and oxygen atoms in total. The Bertz CT molecular complexity index is 401. The van der Waals surface area contributed by atoms with Crippen molar-refractivity contribution in [2.75, 3.05) is 32.7 Å². The van der Waals surface area contributed by atoms with E-state index < -0.39 is 6.10 Å². The molecule has 3 aliphatic rings. The molecule has 2 bridgehead atoms. The van der Waals surface area contributed by atoms with E-state index >= 15 is 0 Å². The monoisotopic (exact) mass is 309 g/mol. The van der Waals surface area contributed by atoms with Gasteiger partial charge in [0.15, 0.2) is 0 Å². The maximum Gasteiger partial charge on any atom is 0.222 e. The van der Waals surface area contributed by atoms with Crippen molar-refractivity contribution in [3.63, 3.8) is 0 Å². The first kappa shape index (κ1) is 16.2. The molecule has 0 saturated carbocycles. The van der Waals surface area contributed by atoms with E-state index in [4.69, 9.17) is 0 Å². The van der Waals surface area contributed by atoms with Crippen LogP contribution in [0.5, 0.6) is 0 Å². The van der Waals surface area contributed by atoms with Crippen molar-refractivity contribution in [3.8, 4) is 0 Å². The van der Waals surface area contributed by atoms with Gasteiger partial charge in [-0.05, 0) is 46.1 Å². The lowest BCUT2D eigenvalue weighted by atomic mass is 10.1. The van der Waals surface area contributed by atoms with Gasteiger partial charge in [-0.25, -0.2) is 0 Å². The lowest BCUT2D eigenvalue weighted by molar-refractivity contribution is -0.129. The Kier molecular flexibility index (Phi) is 5.05. The van der Waals surface area contributed by atoms with E-state index in [1.807, 2.05) is 4.90 Å². The van der Waals surface area contributed by atoms with Crippen molar-refractivity contribution in [2.45, 2.75) is 70.2 Å². The van der Waals surface area contributed by atoms with Crippen LogP contribution in [-0.2, 0) is 4.79 Å². The van der Waals surface area contributed by atoms with E-state index in [9.17, 15) is 9.90 Å². The zero-order valence-electron chi connectivity index (χ0n) is 14.1. The minimum atomic E-state index is -0.411. The molecule has 3 saturated heterocycles. The Morgan fingerprint density at radius 1 is 1.14 bits per heavy atom. The summed E-state index contributed by atoms with van der Waals surface area (Å²) in [5.74, 6) is 0.208. The molecule has 1 N–H and O–H groups in total. The summed E-state index contributed by atoms with van der Waals surface area (Å²) in [6.07, 6.45) is 5.03. The smallest absolute Gasteiger partial charge is 0.222 e. The summed E-state index contributed by atoms with van der Waals surface area (Å²) in [5.41, 5.74) is 0. The number of likely N-dealkylation sites (tertiary alicyclic amines) is 2. The van der Waals surface area contributed by atoms with E-state index in [-0.39, 0.29) is 5.91 Å². The van der Waals surface area contributed by atoms with Crippen LogP contribution >= 0.6 is 0 Å². The van der Waals surface area contributed by atoms with Crippen LogP contribution in [0, 0.1) is 0 Å². The SMILES string of the molecule is CC(C)N1C2CCC1CN(CC(O)CN1CCCC1=O)CC2. The third-order valence-corrected chi connectivity index (χ3v) is 5.59. The number of β-amino-alcohol motifs (C(OH)–C–C–N with tert-alkyl or cyclic N) is 1.